The fraction of sp³-hybridized carbons (Fsp3) is 0.381. The third-order valence-corrected chi connectivity index (χ3v) is 5.17. The second-order valence-electron chi connectivity index (χ2n) is 6.92. The van der Waals surface area contributed by atoms with Crippen molar-refractivity contribution in [2.45, 2.75) is 45.6 Å². The molecule has 1 heterocycles. The van der Waals surface area contributed by atoms with Crippen LogP contribution >= 0.6 is 0 Å². The largest absolute Gasteiger partial charge is 0.417 e. The van der Waals surface area contributed by atoms with Crippen LogP contribution in [0.2, 0.25) is 0 Å². The minimum Gasteiger partial charge on any atom is -0.417 e. The molecule has 4 heteroatoms. The van der Waals surface area contributed by atoms with Crippen LogP contribution in [0.15, 0.2) is 36.4 Å². The topological polar surface area (TPSA) is 22.1 Å². The van der Waals surface area contributed by atoms with Crippen LogP contribution in [-0.4, -0.2) is 11.6 Å². The van der Waals surface area contributed by atoms with Crippen LogP contribution in [0.1, 0.15) is 37.3 Å². The summed E-state index contributed by atoms with van der Waals surface area (Å²) in [4.78, 5) is 4.21. The van der Waals surface area contributed by atoms with E-state index in [1.54, 1.807) is 0 Å². The molecule has 4 rings (SSSR count). The Labute approximate surface area is 145 Å². The van der Waals surface area contributed by atoms with E-state index < -0.39 is 6.61 Å². The molecule has 130 valence electrons. The monoisotopic (exact) mass is 341 g/mol. The number of unbranched alkanes of at least 4 members (excludes halogenated alkanes) is 1. The summed E-state index contributed by atoms with van der Waals surface area (Å²) in [6, 6.07) is 11.8. The molecule has 0 radical (unpaired) electrons. The van der Waals surface area contributed by atoms with Gasteiger partial charge >= 0.3 is 6.61 Å². The summed E-state index contributed by atoms with van der Waals surface area (Å²) >= 11 is 0. The highest BCUT2D eigenvalue weighted by molar-refractivity contribution is 6.06. The first kappa shape index (κ1) is 16.2. The minimum atomic E-state index is -2.85. The van der Waals surface area contributed by atoms with Crippen molar-refractivity contribution in [2.75, 3.05) is 0 Å². The number of hydrogen-bond acceptors (Lipinski definition) is 2. The van der Waals surface area contributed by atoms with Crippen LogP contribution in [0, 0.1) is 5.92 Å². The number of hydrogen-bond donors (Lipinski definition) is 0. The second-order valence-corrected chi connectivity index (χ2v) is 6.92. The summed E-state index contributed by atoms with van der Waals surface area (Å²) in [7, 11) is 0. The van der Waals surface area contributed by atoms with Crippen molar-refractivity contribution < 1.29 is 13.5 Å². The second kappa shape index (κ2) is 6.58. The molecule has 2 aromatic carbocycles. The van der Waals surface area contributed by atoms with Crippen molar-refractivity contribution in [1.82, 2.24) is 4.98 Å². The summed E-state index contributed by atoms with van der Waals surface area (Å²) in [6.07, 6.45) is 6.13. The van der Waals surface area contributed by atoms with E-state index >= 15 is 0 Å². The SMILES string of the molecule is CCCCC1Cc2cc3ccc4nc(OC(F)F)ccc4c3cc2C1. The van der Waals surface area contributed by atoms with E-state index in [1.165, 1.54) is 48.3 Å². The Bertz CT molecular complexity index is 923. The molecule has 0 bridgehead atoms. The summed E-state index contributed by atoms with van der Waals surface area (Å²) < 4.78 is 29.2. The van der Waals surface area contributed by atoms with Gasteiger partial charge in [0.05, 0.1) is 5.52 Å². The average molecular weight is 341 g/mol. The number of aromatic nitrogens is 1. The molecule has 0 fully saturated rings. The molecule has 0 spiro atoms. The highest BCUT2D eigenvalue weighted by atomic mass is 19.3. The smallest absolute Gasteiger partial charge is 0.388 e. The lowest BCUT2D eigenvalue weighted by Gasteiger charge is -2.09. The molecule has 0 saturated carbocycles. The Balaban J connectivity index is 1.73. The molecule has 0 aliphatic heterocycles. The molecule has 0 N–H and O–H groups in total. The van der Waals surface area contributed by atoms with Crippen molar-refractivity contribution >= 4 is 21.7 Å². The van der Waals surface area contributed by atoms with Crippen molar-refractivity contribution in [2.24, 2.45) is 5.92 Å². The molecule has 1 aliphatic rings. The summed E-state index contributed by atoms with van der Waals surface area (Å²) in [5, 5.41) is 3.31. The van der Waals surface area contributed by atoms with Gasteiger partial charge in [0.1, 0.15) is 0 Å². The number of fused-ring (bicyclic) bond motifs is 4. The zero-order chi connectivity index (χ0) is 17.4. The first-order valence-electron chi connectivity index (χ1n) is 8.94. The lowest BCUT2D eigenvalue weighted by atomic mass is 9.99. The molecule has 1 unspecified atom stereocenters. The van der Waals surface area contributed by atoms with E-state index in [2.05, 4.69) is 28.8 Å². The van der Waals surface area contributed by atoms with Crippen LogP contribution in [0.3, 0.4) is 0 Å². The van der Waals surface area contributed by atoms with Gasteiger partial charge in [0.15, 0.2) is 0 Å². The van der Waals surface area contributed by atoms with E-state index in [1.807, 2.05) is 18.2 Å². The Morgan fingerprint density at radius 3 is 2.64 bits per heavy atom. The predicted octanol–water partition coefficient (Wildman–Crippen LogP) is 5.89. The van der Waals surface area contributed by atoms with E-state index in [0.717, 1.165) is 23.1 Å². The first-order valence-corrected chi connectivity index (χ1v) is 8.94. The highest BCUT2D eigenvalue weighted by Crippen LogP contribution is 2.35. The van der Waals surface area contributed by atoms with Crippen LogP contribution in [0.4, 0.5) is 8.78 Å². The van der Waals surface area contributed by atoms with E-state index in [0.29, 0.717) is 5.52 Å². The summed E-state index contributed by atoms with van der Waals surface area (Å²) in [6.45, 7) is -0.615. The summed E-state index contributed by atoms with van der Waals surface area (Å²) in [5.41, 5.74) is 3.57. The van der Waals surface area contributed by atoms with Crippen LogP contribution in [-0.2, 0) is 12.8 Å². The van der Waals surface area contributed by atoms with Crippen LogP contribution in [0.25, 0.3) is 21.7 Å². The maximum absolute atomic E-state index is 12.4. The molecular formula is C21H21F2NO. The number of halogens is 2. The number of pyridine rings is 1. The first-order chi connectivity index (χ1) is 12.1. The van der Waals surface area contributed by atoms with Gasteiger partial charge in [-0.2, -0.15) is 8.78 Å². The molecule has 3 aromatic rings. The average Bonchev–Trinajstić information content (AvgIpc) is 2.99. The molecule has 0 saturated heterocycles. The van der Waals surface area contributed by atoms with Gasteiger partial charge in [0.25, 0.3) is 0 Å². The summed E-state index contributed by atoms with van der Waals surface area (Å²) in [5.74, 6) is 0.713. The van der Waals surface area contributed by atoms with E-state index in [9.17, 15) is 8.78 Å². The predicted molar refractivity (Wildman–Crippen MR) is 96.3 cm³/mol. The molecule has 1 aromatic heterocycles. The maximum atomic E-state index is 12.4. The van der Waals surface area contributed by atoms with Crippen molar-refractivity contribution in [3.63, 3.8) is 0 Å². The number of alkyl halides is 2. The highest BCUT2D eigenvalue weighted by Gasteiger charge is 2.22. The van der Waals surface area contributed by atoms with Gasteiger partial charge in [-0.1, -0.05) is 38.0 Å². The van der Waals surface area contributed by atoms with Crippen LogP contribution in [0.5, 0.6) is 5.88 Å². The van der Waals surface area contributed by atoms with Gasteiger partial charge in [-0.05, 0) is 59.2 Å². The molecule has 2 nitrogen and oxygen atoms in total. The Morgan fingerprint density at radius 1 is 1.08 bits per heavy atom. The van der Waals surface area contributed by atoms with E-state index in [4.69, 9.17) is 0 Å². The zero-order valence-corrected chi connectivity index (χ0v) is 14.3. The van der Waals surface area contributed by atoms with Gasteiger partial charge in [0, 0.05) is 11.5 Å². The van der Waals surface area contributed by atoms with Crippen molar-refractivity contribution in [3.8, 4) is 5.88 Å². The number of benzene rings is 2. The fourth-order valence-electron chi connectivity index (χ4n) is 3.99. The molecule has 25 heavy (non-hydrogen) atoms. The van der Waals surface area contributed by atoms with Crippen LogP contribution < -0.4 is 4.74 Å². The van der Waals surface area contributed by atoms with Gasteiger partial charge in [-0.15, -0.1) is 0 Å². The zero-order valence-electron chi connectivity index (χ0n) is 14.3. The van der Waals surface area contributed by atoms with Gasteiger partial charge in [0.2, 0.25) is 5.88 Å². The van der Waals surface area contributed by atoms with Crippen molar-refractivity contribution in [1.29, 1.82) is 0 Å². The van der Waals surface area contributed by atoms with Crippen molar-refractivity contribution in [3.05, 3.63) is 47.5 Å². The normalized spacial score (nSPS) is 16.7. The minimum absolute atomic E-state index is 0.0392. The standard InChI is InChI=1S/C21H21F2NO/c1-2-3-4-13-9-15-11-14-5-7-19-17(18(14)12-16(15)10-13)6-8-20(24-19)25-21(22)23/h5-8,11-13,21H,2-4,9-10H2,1H3. The molecule has 1 aliphatic carbocycles. The maximum Gasteiger partial charge on any atom is 0.388 e. The quantitative estimate of drug-likeness (QED) is 0.539. The van der Waals surface area contributed by atoms with Gasteiger partial charge in [-0.3, -0.25) is 0 Å². The Hall–Kier alpha value is -2.23. The number of nitrogens with zero attached hydrogens (tertiary/aromatic N) is 1. The lowest BCUT2D eigenvalue weighted by Crippen LogP contribution is -2.03. The molecular weight excluding hydrogens is 320 g/mol. The fourth-order valence-corrected chi connectivity index (χ4v) is 3.99. The molecule has 1 atom stereocenters. The Kier molecular flexibility index (Phi) is 4.28. The third-order valence-electron chi connectivity index (χ3n) is 5.17. The number of rotatable bonds is 5. The van der Waals surface area contributed by atoms with E-state index in [-0.39, 0.29) is 5.88 Å². The lowest BCUT2D eigenvalue weighted by molar-refractivity contribution is -0.0526. The third kappa shape index (κ3) is 3.17. The van der Waals surface area contributed by atoms with Gasteiger partial charge in [-0.25, -0.2) is 4.98 Å². The van der Waals surface area contributed by atoms with Gasteiger partial charge < -0.3 is 4.74 Å². The molecule has 0 amide bonds. The number of ether oxygens (including phenoxy) is 1. The Morgan fingerprint density at radius 2 is 1.88 bits per heavy atom.